The Balaban J connectivity index is 0.000000595. The molecule has 0 aromatic heterocycles. The van der Waals surface area contributed by atoms with Gasteiger partial charge in [0.05, 0.1) is 0 Å². The fourth-order valence-corrected chi connectivity index (χ4v) is 4.28. The van der Waals surface area contributed by atoms with E-state index in [-0.39, 0.29) is 0 Å². The quantitative estimate of drug-likeness (QED) is 0.191. The van der Waals surface area contributed by atoms with Crippen molar-refractivity contribution in [3.05, 3.63) is 180 Å². The van der Waals surface area contributed by atoms with Gasteiger partial charge in [0.2, 0.25) is 0 Å². The largest absolute Gasteiger partial charge is 0.103 e. The van der Waals surface area contributed by atoms with Crippen molar-refractivity contribution < 1.29 is 0 Å². The predicted molar refractivity (Wildman–Crippen MR) is 212 cm³/mol. The standard InChI is InChI=1S/C15H20.C13H14.C9H12.C6H10.C3H6/c1-5-12(3)11-14(6-2)15-10-8-7-9-13(15)4;1-11-7-5-6-10-13(11)12-8-3-2-4-9-12;1-3-9-6-4-8(2)5-7-9;1-4-6(3)5-2;1-3-2/h6-11H,5H2,1-4H3;2-6,8-11H,7H2,1H3;4-7H,3H2,1-2H3;4-5H,1H2,2-3H3;3H,1H2,2H3/b12-11-,14-6+;;;6-5+;. The average Bonchev–Trinajstić information content (AvgIpc) is 3.09. The zero-order chi connectivity index (χ0) is 34.7. The van der Waals surface area contributed by atoms with Gasteiger partial charge in [0.25, 0.3) is 0 Å². The molecule has 1 aliphatic rings. The molecule has 46 heavy (non-hydrogen) atoms. The van der Waals surface area contributed by atoms with Crippen LogP contribution in [0.1, 0.15) is 96.0 Å². The molecule has 0 nitrogen and oxygen atoms in total. The molecule has 0 saturated carbocycles. The van der Waals surface area contributed by atoms with Crippen LogP contribution >= 0.6 is 0 Å². The van der Waals surface area contributed by atoms with Gasteiger partial charge in [0.15, 0.2) is 0 Å². The maximum Gasteiger partial charge on any atom is -0.0150 e. The molecule has 0 spiro atoms. The van der Waals surface area contributed by atoms with Crippen LogP contribution in [0.5, 0.6) is 0 Å². The molecule has 1 atom stereocenters. The third kappa shape index (κ3) is 18.0. The third-order valence-corrected chi connectivity index (χ3v) is 7.57. The summed E-state index contributed by atoms with van der Waals surface area (Å²) in [5.41, 5.74) is 12.2. The SMILES string of the molecule is C/C=C(\C=C(\C)CC)c1ccccc1C.C=C/C(C)=C/C.C=CC.CC1CC=CC=C1c1ccccc1.CCc1ccc(C)cc1. The highest BCUT2D eigenvalue weighted by molar-refractivity contribution is 5.76. The second-order valence-electron chi connectivity index (χ2n) is 11.4. The van der Waals surface area contributed by atoms with E-state index < -0.39 is 0 Å². The monoisotopic (exact) mass is 614 g/mol. The van der Waals surface area contributed by atoms with Crippen LogP contribution in [0.2, 0.25) is 0 Å². The molecular weight excluding hydrogens is 553 g/mol. The molecule has 246 valence electrons. The van der Waals surface area contributed by atoms with Gasteiger partial charge in [-0.05, 0) is 107 Å². The predicted octanol–water partition coefficient (Wildman–Crippen LogP) is 14.3. The van der Waals surface area contributed by atoms with E-state index in [0.717, 1.165) is 12.8 Å². The Hall–Kier alpha value is -4.16. The van der Waals surface area contributed by atoms with E-state index in [1.54, 1.807) is 6.08 Å². The molecular formula is C46H62. The van der Waals surface area contributed by atoms with Crippen LogP contribution in [0.3, 0.4) is 0 Å². The Morgan fingerprint density at radius 1 is 0.804 bits per heavy atom. The van der Waals surface area contributed by atoms with Crippen LogP contribution in [0, 0.1) is 19.8 Å². The molecule has 3 aromatic rings. The first-order valence-electron chi connectivity index (χ1n) is 16.8. The molecule has 1 aliphatic carbocycles. The lowest BCUT2D eigenvalue weighted by molar-refractivity contribution is 0.758. The van der Waals surface area contributed by atoms with Gasteiger partial charge >= 0.3 is 0 Å². The molecule has 0 amide bonds. The first kappa shape index (κ1) is 41.8. The summed E-state index contributed by atoms with van der Waals surface area (Å²) in [5.74, 6) is 0.660. The summed E-state index contributed by atoms with van der Waals surface area (Å²) in [6.07, 6.45) is 20.1. The summed E-state index contributed by atoms with van der Waals surface area (Å²) >= 11 is 0. The van der Waals surface area contributed by atoms with Gasteiger partial charge in [0.1, 0.15) is 0 Å². The average molecular weight is 615 g/mol. The van der Waals surface area contributed by atoms with Gasteiger partial charge in [-0.1, -0.05) is 172 Å². The van der Waals surface area contributed by atoms with E-state index in [1.807, 2.05) is 32.9 Å². The van der Waals surface area contributed by atoms with Crippen LogP contribution < -0.4 is 0 Å². The zero-order valence-corrected chi connectivity index (χ0v) is 30.7. The number of allylic oxidation sites excluding steroid dienone is 12. The van der Waals surface area contributed by atoms with Crippen molar-refractivity contribution in [2.24, 2.45) is 5.92 Å². The number of benzene rings is 3. The van der Waals surface area contributed by atoms with Gasteiger partial charge in [-0.2, -0.15) is 0 Å². The number of rotatable bonds is 6. The van der Waals surface area contributed by atoms with E-state index in [4.69, 9.17) is 0 Å². The van der Waals surface area contributed by atoms with E-state index in [9.17, 15) is 0 Å². The molecule has 0 aliphatic heterocycles. The van der Waals surface area contributed by atoms with Crippen molar-refractivity contribution in [3.63, 3.8) is 0 Å². The van der Waals surface area contributed by atoms with Gasteiger partial charge < -0.3 is 0 Å². The molecule has 0 heteroatoms. The Morgan fingerprint density at radius 2 is 1.39 bits per heavy atom. The lowest BCUT2D eigenvalue weighted by Crippen LogP contribution is -1.99. The van der Waals surface area contributed by atoms with Crippen LogP contribution in [-0.2, 0) is 6.42 Å². The zero-order valence-electron chi connectivity index (χ0n) is 30.7. The van der Waals surface area contributed by atoms with E-state index in [2.05, 4.69) is 171 Å². The fraction of sp³-hybridized carbons (Fsp3) is 0.304. The lowest BCUT2D eigenvalue weighted by Gasteiger charge is -2.17. The molecule has 0 N–H and O–H groups in total. The topological polar surface area (TPSA) is 0 Å². The first-order valence-corrected chi connectivity index (χ1v) is 16.8. The van der Waals surface area contributed by atoms with Crippen molar-refractivity contribution in [1.29, 1.82) is 0 Å². The minimum absolute atomic E-state index is 0.660. The Labute approximate surface area is 284 Å². The van der Waals surface area contributed by atoms with Crippen molar-refractivity contribution in [1.82, 2.24) is 0 Å². The molecule has 3 aromatic carbocycles. The molecule has 0 bridgehead atoms. The van der Waals surface area contributed by atoms with Crippen molar-refractivity contribution >= 4 is 11.1 Å². The maximum atomic E-state index is 3.56. The number of aryl methyl sites for hydroxylation is 3. The second-order valence-corrected chi connectivity index (χ2v) is 11.4. The summed E-state index contributed by atoms with van der Waals surface area (Å²) in [4.78, 5) is 0. The highest BCUT2D eigenvalue weighted by Gasteiger charge is 2.10. The minimum Gasteiger partial charge on any atom is -0.103 e. The Bertz CT molecular complexity index is 1400. The molecule has 0 radical (unpaired) electrons. The van der Waals surface area contributed by atoms with Crippen molar-refractivity contribution in [2.75, 3.05) is 0 Å². The van der Waals surface area contributed by atoms with Crippen molar-refractivity contribution in [2.45, 2.75) is 88.5 Å². The second kappa shape index (κ2) is 26.1. The normalized spacial score (nSPS) is 13.9. The smallest absolute Gasteiger partial charge is 0.0150 e. The van der Waals surface area contributed by atoms with Crippen LogP contribution in [0.4, 0.5) is 0 Å². The summed E-state index contributed by atoms with van der Waals surface area (Å²) in [5, 5.41) is 0. The van der Waals surface area contributed by atoms with E-state index >= 15 is 0 Å². The number of hydrogen-bond donors (Lipinski definition) is 0. The summed E-state index contributed by atoms with van der Waals surface area (Å²) in [6, 6.07) is 27.8. The van der Waals surface area contributed by atoms with E-state index in [0.29, 0.717) is 5.92 Å². The summed E-state index contributed by atoms with van der Waals surface area (Å²) < 4.78 is 0. The molecule has 0 saturated heterocycles. The number of hydrogen-bond acceptors (Lipinski definition) is 0. The van der Waals surface area contributed by atoms with Gasteiger partial charge in [-0.25, -0.2) is 0 Å². The third-order valence-electron chi connectivity index (χ3n) is 7.57. The Morgan fingerprint density at radius 3 is 1.85 bits per heavy atom. The van der Waals surface area contributed by atoms with Gasteiger partial charge in [0, 0.05) is 0 Å². The fourth-order valence-electron chi connectivity index (χ4n) is 4.28. The molecule has 1 unspecified atom stereocenters. The van der Waals surface area contributed by atoms with Crippen LogP contribution in [-0.4, -0.2) is 0 Å². The molecule has 4 rings (SSSR count). The van der Waals surface area contributed by atoms with Gasteiger partial charge in [-0.3, -0.25) is 0 Å². The highest BCUT2D eigenvalue weighted by atomic mass is 14.2. The summed E-state index contributed by atoms with van der Waals surface area (Å²) in [6.45, 7) is 28.0. The van der Waals surface area contributed by atoms with Crippen molar-refractivity contribution in [3.8, 4) is 0 Å². The Kier molecular flexibility index (Phi) is 23.7. The molecule has 0 heterocycles. The molecule has 0 fully saturated rings. The van der Waals surface area contributed by atoms with Crippen LogP contribution in [0.15, 0.2) is 152 Å². The minimum atomic E-state index is 0.660. The maximum absolute atomic E-state index is 3.56. The first-order chi connectivity index (χ1) is 22.1. The van der Waals surface area contributed by atoms with Gasteiger partial charge in [-0.15, -0.1) is 6.58 Å². The van der Waals surface area contributed by atoms with Crippen LogP contribution in [0.25, 0.3) is 11.1 Å². The highest BCUT2D eigenvalue weighted by Crippen LogP contribution is 2.28. The lowest BCUT2D eigenvalue weighted by atomic mass is 9.88. The summed E-state index contributed by atoms with van der Waals surface area (Å²) in [7, 11) is 0. The van der Waals surface area contributed by atoms with E-state index in [1.165, 1.54) is 56.5 Å².